The van der Waals surface area contributed by atoms with Crippen molar-refractivity contribution in [2.45, 2.75) is 96.5 Å². The molecule has 1 aromatic carbocycles. The van der Waals surface area contributed by atoms with Crippen molar-refractivity contribution in [2.75, 3.05) is 58.4 Å². The number of carbonyl (C=O) groups excluding carboxylic acids is 3. The lowest BCUT2D eigenvalue weighted by Gasteiger charge is -2.35. The van der Waals surface area contributed by atoms with Crippen molar-refractivity contribution >= 4 is 56.0 Å². The molecule has 2 N–H and O–H groups in total. The summed E-state index contributed by atoms with van der Waals surface area (Å²) in [5.74, 6) is -0.751. The Morgan fingerprint density at radius 2 is 1.93 bits per heavy atom. The van der Waals surface area contributed by atoms with Crippen LogP contribution in [0, 0.1) is 11.3 Å². The van der Waals surface area contributed by atoms with Gasteiger partial charge in [0, 0.05) is 101 Å². The van der Waals surface area contributed by atoms with E-state index in [0.717, 1.165) is 88.1 Å². The van der Waals surface area contributed by atoms with Crippen LogP contribution in [0.1, 0.15) is 76.3 Å². The molecule has 15 heteroatoms. The number of rotatable bonds is 7. The number of thiazole rings is 1. The molecule has 2 saturated heterocycles. The zero-order valence-corrected chi connectivity index (χ0v) is 37.2. The molecule has 5 atom stereocenters. The maximum Gasteiger partial charge on any atom is 0.324 e. The first kappa shape index (κ1) is 41.6. The highest BCUT2D eigenvalue weighted by Gasteiger charge is 2.53. The van der Waals surface area contributed by atoms with E-state index < -0.39 is 28.5 Å². The van der Waals surface area contributed by atoms with Crippen molar-refractivity contribution in [3.63, 3.8) is 0 Å². The SMILES string of the molecule is CCn1c(-c2cc(N3CCN(C)CC3)cnc2[C@H](C)OC)c2c3cc(ccc31)-c1csc(n1)C[C@H](NC(=O)[C@@]1([Si])C[C@@H]1C)C(=O)N1CCC[C@H](N1)C(=O)OCC(C)(C)C2. The number of esters is 1. The van der Waals surface area contributed by atoms with Gasteiger partial charge >= 0.3 is 5.97 Å². The highest BCUT2D eigenvalue weighted by Crippen LogP contribution is 2.57. The number of hydrogen-bond donors (Lipinski definition) is 2. The van der Waals surface area contributed by atoms with Gasteiger partial charge in [-0.3, -0.25) is 24.4 Å². The lowest BCUT2D eigenvalue weighted by Crippen LogP contribution is -2.60. The number of nitrogens with zero attached hydrogens (tertiary/aromatic N) is 6. The van der Waals surface area contributed by atoms with E-state index in [4.69, 9.17) is 19.4 Å². The summed E-state index contributed by atoms with van der Waals surface area (Å²) < 4.78 is 14.5. The first-order valence-corrected chi connectivity index (χ1v) is 22.4. The Balaban J connectivity index is 1.26. The Kier molecular flexibility index (Phi) is 11.5. The maximum absolute atomic E-state index is 14.2. The van der Waals surface area contributed by atoms with E-state index in [2.05, 4.69) is 87.4 Å². The standard InChI is InChI=1S/C44H57N8O5SSi/c1-8-51-36-12-11-28-18-30(36)32(39(51)31-19-29(23-45-38(31)27(3)56-7)50-16-14-49(6)15-17-50)22-43(4,5)25-57-41(54)33-10-9-13-52(48-33)40(53)34(20-37-46-35(28)24-58-37)47-42(55)44(59)21-26(44)2/h11-12,18-19,23-24,26-27,33-34,48H,8-10,13-17,20-22,25H2,1-7H3,(H,47,55)/t26-,27-,33-,34-,44+/m0/s1. The van der Waals surface area contributed by atoms with Crippen molar-refractivity contribution in [1.29, 1.82) is 0 Å². The predicted octanol–water partition coefficient (Wildman–Crippen LogP) is 5.32. The van der Waals surface area contributed by atoms with E-state index >= 15 is 0 Å². The number of ether oxygens (including phenoxy) is 2. The van der Waals surface area contributed by atoms with E-state index in [0.29, 0.717) is 32.2 Å². The summed E-state index contributed by atoms with van der Waals surface area (Å²) in [6, 6.07) is 7.25. The Bertz CT molecular complexity index is 2250. The van der Waals surface area contributed by atoms with Crippen LogP contribution >= 0.6 is 11.3 Å². The number of hydrogen-bond acceptors (Lipinski definition) is 11. The summed E-state index contributed by atoms with van der Waals surface area (Å²) in [7, 11) is 7.58. The molecule has 1 aliphatic carbocycles. The highest BCUT2D eigenvalue weighted by molar-refractivity contribution is 7.10. The molecule has 3 radical (unpaired) electrons. The average Bonchev–Trinajstić information content (AvgIpc) is 3.50. The third-order valence-corrected chi connectivity index (χ3v) is 14.6. The molecule has 1 saturated carbocycles. The van der Waals surface area contributed by atoms with Crippen LogP contribution in [-0.2, 0) is 43.2 Å². The molecular formula is C44H57N8O5SSi. The number of benzene rings is 1. The van der Waals surface area contributed by atoms with Crippen LogP contribution in [0.2, 0.25) is 5.04 Å². The number of piperazine rings is 1. The lowest BCUT2D eigenvalue weighted by atomic mass is 9.84. The number of fused-ring (bicyclic) bond motifs is 6. The van der Waals surface area contributed by atoms with Gasteiger partial charge in [0.2, 0.25) is 5.91 Å². The van der Waals surface area contributed by atoms with Crippen molar-refractivity contribution in [3.05, 3.63) is 52.1 Å². The summed E-state index contributed by atoms with van der Waals surface area (Å²) in [4.78, 5) is 56.5. The van der Waals surface area contributed by atoms with Crippen LogP contribution in [0.25, 0.3) is 33.4 Å². The topological polar surface area (TPSA) is 134 Å². The van der Waals surface area contributed by atoms with Crippen LogP contribution in [0.4, 0.5) is 5.69 Å². The third kappa shape index (κ3) is 8.20. The number of anilines is 1. The van der Waals surface area contributed by atoms with E-state index in [1.165, 1.54) is 16.3 Å². The van der Waals surface area contributed by atoms with E-state index in [1.807, 2.05) is 25.4 Å². The fourth-order valence-corrected chi connectivity index (χ4v) is 10.1. The molecule has 3 aliphatic heterocycles. The number of amides is 2. The molecule has 8 rings (SSSR count). The second kappa shape index (κ2) is 16.4. The van der Waals surface area contributed by atoms with Gasteiger partial charge in [0.1, 0.15) is 12.1 Å². The molecule has 2 amide bonds. The number of pyridine rings is 1. The predicted molar refractivity (Wildman–Crippen MR) is 231 cm³/mol. The first-order chi connectivity index (χ1) is 28.2. The second-order valence-electron chi connectivity index (χ2n) is 17.8. The molecular weight excluding hydrogens is 781 g/mol. The van der Waals surface area contributed by atoms with E-state index in [1.54, 1.807) is 7.11 Å². The largest absolute Gasteiger partial charge is 0.464 e. The summed E-state index contributed by atoms with van der Waals surface area (Å²) in [6.45, 7) is 15.6. The minimum absolute atomic E-state index is 0.159. The number of likely N-dealkylation sites (N-methyl/N-ethyl adjacent to an activating group) is 1. The molecule has 313 valence electrons. The molecule has 4 aliphatic rings. The summed E-state index contributed by atoms with van der Waals surface area (Å²) in [5, 5.41) is 7.71. The van der Waals surface area contributed by atoms with Crippen LogP contribution in [-0.4, -0.2) is 118 Å². The van der Waals surface area contributed by atoms with E-state index in [-0.39, 0.29) is 36.9 Å². The Morgan fingerprint density at radius 1 is 1.17 bits per heavy atom. The third-order valence-electron chi connectivity index (χ3n) is 12.8. The number of methoxy groups -OCH3 is 1. The lowest BCUT2D eigenvalue weighted by molar-refractivity contribution is -0.155. The Morgan fingerprint density at radius 3 is 2.64 bits per heavy atom. The Labute approximate surface area is 354 Å². The van der Waals surface area contributed by atoms with Gasteiger partial charge in [0.25, 0.3) is 5.91 Å². The minimum atomic E-state index is -0.878. The van der Waals surface area contributed by atoms with Crippen LogP contribution in [0.15, 0.2) is 35.8 Å². The van der Waals surface area contributed by atoms with Crippen molar-refractivity contribution in [3.8, 4) is 22.5 Å². The van der Waals surface area contributed by atoms with Crippen LogP contribution < -0.4 is 15.6 Å². The number of carbonyl (C=O) groups is 3. The normalized spacial score (nSPS) is 25.7. The molecule has 3 aromatic heterocycles. The van der Waals surface area contributed by atoms with Gasteiger partial charge in [0.15, 0.2) is 0 Å². The quantitative estimate of drug-likeness (QED) is 0.186. The first-order valence-electron chi connectivity index (χ1n) is 21.1. The van der Waals surface area contributed by atoms with Crippen molar-refractivity contribution in [2.24, 2.45) is 11.3 Å². The van der Waals surface area contributed by atoms with Crippen molar-refractivity contribution < 1.29 is 23.9 Å². The number of cyclic esters (lactones) is 1. The molecule has 0 spiro atoms. The fourth-order valence-electron chi connectivity index (χ4n) is 8.87. The van der Waals surface area contributed by atoms with Crippen LogP contribution in [0.5, 0.6) is 0 Å². The minimum Gasteiger partial charge on any atom is -0.464 e. The van der Waals surface area contributed by atoms with Gasteiger partial charge in [-0.15, -0.1) is 11.3 Å². The molecule has 4 aromatic rings. The van der Waals surface area contributed by atoms with Gasteiger partial charge < -0.3 is 29.2 Å². The van der Waals surface area contributed by atoms with Gasteiger partial charge in [-0.25, -0.2) is 10.4 Å². The number of nitrogens with one attached hydrogen (secondary N) is 2. The summed E-state index contributed by atoms with van der Waals surface area (Å²) in [6.07, 6.45) is 4.41. The van der Waals surface area contributed by atoms with Gasteiger partial charge in [-0.2, -0.15) is 0 Å². The molecule has 6 heterocycles. The zero-order valence-electron chi connectivity index (χ0n) is 35.4. The second-order valence-corrected chi connectivity index (χ2v) is 19.6. The van der Waals surface area contributed by atoms with Crippen LogP contribution in [0.3, 0.4) is 0 Å². The fraction of sp³-hybridized carbons (Fsp3) is 0.568. The average molecular weight is 838 g/mol. The number of hydrazine groups is 1. The maximum atomic E-state index is 14.2. The van der Waals surface area contributed by atoms with Gasteiger partial charge in [-0.1, -0.05) is 26.8 Å². The number of aromatic nitrogens is 3. The van der Waals surface area contributed by atoms with Gasteiger partial charge in [-0.05, 0) is 76.3 Å². The van der Waals surface area contributed by atoms with Gasteiger partial charge in [0.05, 0.1) is 46.7 Å². The smallest absolute Gasteiger partial charge is 0.324 e. The zero-order chi connectivity index (χ0) is 41.8. The molecule has 6 bridgehead atoms. The number of aryl methyl sites for hydroxylation is 1. The molecule has 3 fully saturated rings. The van der Waals surface area contributed by atoms with Crippen molar-refractivity contribution in [1.82, 2.24) is 35.2 Å². The highest BCUT2D eigenvalue weighted by atomic mass is 32.1. The monoisotopic (exact) mass is 837 g/mol. The summed E-state index contributed by atoms with van der Waals surface area (Å²) >= 11 is 1.48. The Hall–Kier alpha value is -4.15. The molecule has 0 unspecified atom stereocenters. The summed E-state index contributed by atoms with van der Waals surface area (Å²) in [5.41, 5.74) is 10.8. The molecule has 59 heavy (non-hydrogen) atoms. The van der Waals surface area contributed by atoms with E-state index in [9.17, 15) is 14.4 Å². The molecule has 13 nitrogen and oxygen atoms in total.